The number of hydrogen-bond acceptors (Lipinski definition) is 2. The van der Waals surface area contributed by atoms with Crippen molar-refractivity contribution in [3.63, 3.8) is 0 Å². The van der Waals surface area contributed by atoms with Crippen molar-refractivity contribution in [2.24, 2.45) is 5.92 Å². The Balaban J connectivity index is 2.82. The fourth-order valence-electron chi connectivity index (χ4n) is 1.73. The fourth-order valence-corrected chi connectivity index (χ4v) is 2.15. The van der Waals surface area contributed by atoms with Crippen LogP contribution in [0.2, 0.25) is 0 Å². The van der Waals surface area contributed by atoms with Gasteiger partial charge in [0.05, 0.1) is 6.61 Å². The van der Waals surface area contributed by atoms with Crippen LogP contribution >= 0.6 is 15.9 Å². The first-order valence-electron chi connectivity index (χ1n) is 5.04. The summed E-state index contributed by atoms with van der Waals surface area (Å²) in [5, 5.41) is 9.40. The summed E-state index contributed by atoms with van der Waals surface area (Å²) in [7, 11) is 1.69. The highest BCUT2D eigenvalue weighted by atomic mass is 79.9. The average molecular weight is 273 g/mol. The van der Waals surface area contributed by atoms with Crippen LogP contribution < -0.4 is 0 Å². The van der Waals surface area contributed by atoms with Gasteiger partial charge in [0, 0.05) is 24.1 Å². The lowest BCUT2D eigenvalue weighted by atomic mass is 9.88. The standard InChI is InChI=1S/C12H17BrO2/c1-9(8-15-2)12(7-14)10-4-3-5-11(13)6-10/h3-6,9,12,14H,7-8H2,1-2H3. The molecule has 1 aromatic rings. The number of halogens is 1. The SMILES string of the molecule is COCC(C)C(CO)c1cccc(Br)c1. The van der Waals surface area contributed by atoms with Gasteiger partial charge in [0.2, 0.25) is 0 Å². The number of ether oxygens (including phenoxy) is 1. The van der Waals surface area contributed by atoms with Gasteiger partial charge in [0.1, 0.15) is 0 Å². The Morgan fingerprint density at radius 2 is 2.20 bits per heavy atom. The van der Waals surface area contributed by atoms with Crippen molar-refractivity contribution in [1.82, 2.24) is 0 Å². The van der Waals surface area contributed by atoms with Gasteiger partial charge in [-0.2, -0.15) is 0 Å². The van der Waals surface area contributed by atoms with Crippen molar-refractivity contribution in [1.29, 1.82) is 0 Å². The lowest BCUT2D eigenvalue weighted by Crippen LogP contribution is -2.18. The summed E-state index contributed by atoms with van der Waals surface area (Å²) in [5.41, 5.74) is 1.15. The van der Waals surface area contributed by atoms with Crippen molar-refractivity contribution in [2.75, 3.05) is 20.3 Å². The van der Waals surface area contributed by atoms with Crippen LogP contribution in [-0.2, 0) is 4.74 Å². The molecule has 2 nitrogen and oxygen atoms in total. The molecule has 0 aliphatic rings. The summed E-state index contributed by atoms with van der Waals surface area (Å²) in [6.07, 6.45) is 0. The third-order valence-corrected chi connectivity index (χ3v) is 3.08. The Kier molecular flexibility index (Phi) is 5.29. The first kappa shape index (κ1) is 12.7. The molecular formula is C12H17BrO2. The van der Waals surface area contributed by atoms with E-state index >= 15 is 0 Å². The van der Waals surface area contributed by atoms with Gasteiger partial charge in [-0.3, -0.25) is 0 Å². The summed E-state index contributed by atoms with van der Waals surface area (Å²) in [5.74, 6) is 0.455. The molecule has 0 radical (unpaired) electrons. The summed E-state index contributed by atoms with van der Waals surface area (Å²) in [6.45, 7) is 2.91. The maximum atomic E-state index is 9.40. The lowest BCUT2D eigenvalue weighted by molar-refractivity contribution is 0.126. The van der Waals surface area contributed by atoms with Crippen LogP contribution in [-0.4, -0.2) is 25.4 Å². The minimum absolute atomic E-state index is 0.141. The minimum atomic E-state index is 0.141. The van der Waals surface area contributed by atoms with Gasteiger partial charge in [-0.15, -0.1) is 0 Å². The maximum absolute atomic E-state index is 9.40. The molecule has 0 heterocycles. The van der Waals surface area contributed by atoms with Crippen molar-refractivity contribution in [2.45, 2.75) is 12.8 Å². The average Bonchev–Trinajstić information content (AvgIpc) is 2.19. The Morgan fingerprint density at radius 1 is 1.47 bits per heavy atom. The topological polar surface area (TPSA) is 29.5 Å². The Morgan fingerprint density at radius 3 is 2.73 bits per heavy atom. The maximum Gasteiger partial charge on any atom is 0.0503 e. The number of aliphatic hydroxyl groups excluding tert-OH is 1. The molecule has 0 amide bonds. The molecule has 0 saturated carbocycles. The molecule has 2 unspecified atom stereocenters. The predicted molar refractivity (Wildman–Crippen MR) is 65.0 cm³/mol. The molecule has 1 rings (SSSR count). The minimum Gasteiger partial charge on any atom is -0.396 e. The zero-order valence-corrected chi connectivity index (χ0v) is 10.7. The second kappa shape index (κ2) is 6.26. The highest BCUT2D eigenvalue weighted by molar-refractivity contribution is 9.10. The molecule has 1 N–H and O–H groups in total. The second-order valence-electron chi connectivity index (χ2n) is 3.78. The first-order valence-corrected chi connectivity index (χ1v) is 5.83. The molecule has 0 fully saturated rings. The van der Waals surface area contributed by atoms with Gasteiger partial charge in [0.25, 0.3) is 0 Å². The Bertz CT molecular complexity index is 301. The van der Waals surface area contributed by atoms with Crippen LogP contribution in [0.3, 0.4) is 0 Å². The number of benzene rings is 1. The molecule has 0 bridgehead atoms. The third-order valence-electron chi connectivity index (χ3n) is 2.59. The van der Waals surface area contributed by atoms with Gasteiger partial charge in [-0.05, 0) is 23.6 Å². The molecule has 2 atom stereocenters. The third kappa shape index (κ3) is 3.59. The number of rotatable bonds is 5. The molecule has 0 saturated heterocycles. The van der Waals surface area contributed by atoms with Gasteiger partial charge in [0.15, 0.2) is 0 Å². The van der Waals surface area contributed by atoms with Crippen molar-refractivity contribution < 1.29 is 9.84 Å². The van der Waals surface area contributed by atoms with E-state index < -0.39 is 0 Å². The molecule has 3 heteroatoms. The fraction of sp³-hybridized carbons (Fsp3) is 0.500. The van der Waals surface area contributed by atoms with E-state index in [4.69, 9.17) is 4.74 Å². The van der Waals surface area contributed by atoms with Crippen LogP contribution in [0.15, 0.2) is 28.7 Å². The summed E-state index contributed by atoms with van der Waals surface area (Å²) in [6, 6.07) is 8.06. The van der Waals surface area contributed by atoms with Crippen molar-refractivity contribution in [3.8, 4) is 0 Å². The van der Waals surface area contributed by atoms with Crippen LogP contribution in [0, 0.1) is 5.92 Å². The zero-order valence-electron chi connectivity index (χ0n) is 9.11. The summed E-state index contributed by atoms with van der Waals surface area (Å²) < 4.78 is 6.16. The molecule has 84 valence electrons. The quantitative estimate of drug-likeness (QED) is 0.893. The predicted octanol–water partition coefficient (Wildman–Crippen LogP) is 2.81. The normalized spacial score (nSPS) is 14.9. The molecule has 0 aromatic heterocycles. The Labute approximate surface area is 99.4 Å². The van der Waals surface area contributed by atoms with E-state index in [0.29, 0.717) is 12.5 Å². The lowest BCUT2D eigenvalue weighted by Gasteiger charge is -2.21. The van der Waals surface area contributed by atoms with Gasteiger partial charge < -0.3 is 9.84 Å². The van der Waals surface area contributed by atoms with E-state index in [9.17, 15) is 5.11 Å². The van der Waals surface area contributed by atoms with Crippen LogP contribution in [0.1, 0.15) is 18.4 Å². The molecule has 0 spiro atoms. The molecule has 0 aliphatic heterocycles. The monoisotopic (exact) mass is 272 g/mol. The second-order valence-corrected chi connectivity index (χ2v) is 4.69. The summed E-state index contributed by atoms with van der Waals surface area (Å²) >= 11 is 3.43. The van der Waals surface area contributed by atoms with Crippen LogP contribution in [0.25, 0.3) is 0 Å². The number of hydrogen-bond donors (Lipinski definition) is 1. The van der Waals surface area contributed by atoms with Crippen LogP contribution in [0.5, 0.6) is 0 Å². The zero-order chi connectivity index (χ0) is 11.3. The number of aliphatic hydroxyl groups is 1. The van der Waals surface area contributed by atoms with E-state index in [1.165, 1.54) is 0 Å². The number of methoxy groups -OCH3 is 1. The highest BCUT2D eigenvalue weighted by Crippen LogP contribution is 2.26. The smallest absolute Gasteiger partial charge is 0.0503 e. The van der Waals surface area contributed by atoms with Crippen molar-refractivity contribution in [3.05, 3.63) is 34.3 Å². The highest BCUT2D eigenvalue weighted by Gasteiger charge is 2.18. The van der Waals surface area contributed by atoms with E-state index in [0.717, 1.165) is 10.0 Å². The largest absolute Gasteiger partial charge is 0.396 e. The van der Waals surface area contributed by atoms with E-state index in [1.807, 2.05) is 24.3 Å². The van der Waals surface area contributed by atoms with Crippen molar-refractivity contribution >= 4 is 15.9 Å². The molecule has 1 aromatic carbocycles. The van der Waals surface area contributed by atoms with Crippen LogP contribution in [0.4, 0.5) is 0 Å². The molecule has 15 heavy (non-hydrogen) atoms. The van der Waals surface area contributed by atoms with Gasteiger partial charge >= 0.3 is 0 Å². The Hall–Kier alpha value is -0.380. The van der Waals surface area contributed by atoms with Gasteiger partial charge in [-0.25, -0.2) is 0 Å². The first-order chi connectivity index (χ1) is 7.19. The van der Waals surface area contributed by atoms with Gasteiger partial charge in [-0.1, -0.05) is 35.0 Å². The molecular weight excluding hydrogens is 256 g/mol. The molecule has 0 aliphatic carbocycles. The van der Waals surface area contributed by atoms with E-state index in [2.05, 4.69) is 22.9 Å². The van der Waals surface area contributed by atoms with E-state index in [-0.39, 0.29) is 12.5 Å². The van der Waals surface area contributed by atoms with E-state index in [1.54, 1.807) is 7.11 Å². The summed E-state index contributed by atoms with van der Waals surface area (Å²) in [4.78, 5) is 0.